The van der Waals surface area contributed by atoms with Crippen molar-refractivity contribution in [3.63, 3.8) is 0 Å². The SMILES string of the molecule is O=C(O)c1cccc(Br)c1NC(=O)[C@@H]1CCCN1. The maximum Gasteiger partial charge on any atom is 0.337 e. The van der Waals surface area contributed by atoms with Gasteiger partial charge in [-0.1, -0.05) is 6.07 Å². The molecule has 1 amide bonds. The summed E-state index contributed by atoms with van der Waals surface area (Å²) in [6, 6.07) is 4.55. The second kappa shape index (κ2) is 5.49. The van der Waals surface area contributed by atoms with Crippen molar-refractivity contribution in [3.05, 3.63) is 28.2 Å². The summed E-state index contributed by atoms with van der Waals surface area (Å²) in [7, 11) is 0. The molecule has 1 heterocycles. The number of rotatable bonds is 3. The number of anilines is 1. The molecule has 0 bridgehead atoms. The number of carboxylic acid groups (broad SMARTS) is 1. The van der Waals surface area contributed by atoms with Crippen LogP contribution in [0.3, 0.4) is 0 Å². The Bertz CT molecular complexity index is 484. The molecule has 2 rings (SSSR count). The summed E-state index contributed by atoms with van der Waals surface area (Å²) in [5, 5.41) is 14.8. The van der Waals surface area contributed by atoms with E-state index in [2.05, 4.69) is 26.6 Å². The number of hydrogen-bond donors (Lipinski definition) is 3. The average molecular weight is 313 g/mol. The fourth-order valence-corrected chi connectivity index (χ4v) is 2.41. The van der Waals surface area contributed by atoms with E-state index in [1.165, 1.54) is 6.07 Å². The van der Waals surface area contributed by atoms with Crippen LogP contribution in [-0.4, -0.2) is 29.6 Å². The number of nitrogens with one attached hydrogen (secondary N) is 2. The fraction of sp³-hybridized carbons (Fsp3) is 0.333. The lowest BCUT2D eigenvalue weighted by molar-refractivity contribution is -0.117. The summed E-state index contributed by atoms with van der Waals surface area (Å²) < 4.78 is 0.564. The van der Waals surface area contributed by atoms with Gasteiger partial charge in [0, 0.05) is 4.47 Å². The smallest absolute Gasteiger partial charge is 0.337 e. The van der Waals surface area contributed by atoms with E-state index in [4.69, 9.17) is 5.11 Å². The predicted octanol–water partition coefficient (Wildman–Crippen LogP) is 1.84. The topological polar surface area (TPSA) is 78.4 Å². The Balaban J connectivity index is 2.22. The van der Waals surface area contributed by atoms with Gasteiger partial charge in [-0.2, -0.15) is 0 Å². The standard InChI is InChI=1S/C12H13BrN2O3/c13-8-4-1-3-7(12(17)18)10(8)15-11(16)9-5-2-6-14-9/h1,3-4,9,14H,2,5-6H2,(H,15,16)(H,17,18)/t9-/m0/s1. The molecular weight excluding hydrogens is 300 g/mol. The van der Waals surface area contributed by atoms with Crippen LogP contribution in [0.4, 0.5) is 5.69 Å². The third-order valence-corrected chi connectivity index (χ3v) is 3.53. The number of carbonyl (C=O) groups excluding carboxylic acids is 1. The molecule has 5 nitrogen and oxygen atoms in total. The third kappa shape index (κ3) is 2.70. The zero-order chi connectivity index (χ0) is 13.1. The van der Waals surface area contributed by atoms with Crippen molar-refractivity contribution >= 4 is 33.5 Å². The number of hydrogen-bond acceptors (Lipinski definition) is 3. The molecule has 1 saturated heterocycles. The Labute approximate surface area is 113 Å². The van der Waals surface area contributed by atoms with Crippen LogP contribution in [0.1, 0.15) is 23.2 Å². The highest BCUT2D eigenvalue weighted by Crippen LogP contribution is 2.27. The lowest BCUT2D eigenvalue weighted by atomic mass is 10.1. The van der Waals surface area contributed by atoms with Crippen molar-refractivity contribution in [3.8, 4) is 0 Å². The highest BCUT2D eigenvalue weighted by Gasteiger charge is 2.24. The first-order chi connectivity index (χ1) is 8.59. The summed E-state index contributed by atoms with van der Waals surface area (Å²) >= 11 is 3.25. The van der Waals surface area contributed by atoms with Gasteiger partial charge in [0.1, 0.15) is 0 Å². The molecule has 1 atom stereocenters. The van der Waals surface area contributed by atoms with Crippen LogP contribution in [0, 0.1) is 0 Å². The van der Waals surface area contributed by atoms with E-state index in [9.17, 15) is 9.59 Å². The molecule has 0 saturated carbocycles. The molecule has 1 aliphatic rings. The quantitative estimate of drug-likeness (QED) is 0.795. The van der Waals surface area contributed by atoms with Crippen LogP contribution < -0.4 is 10.6 Å². The lowest BCUT2D eigenvalue weighted by Crippen LogP contribution is -2.36. The van der Waals surface area contributed by atoms with Crippen LogP contribution >= 0.6 is 15.9 Å². The van der Waals surface area contributed by atoms with E-state index in [0.717, 1.165) is 19.4 Å². The van der Waals surface area contributed by atoms with Crippen molar-refractivity contribution in [2.45, 2.75) is 18.9 Å². The molecule has 1 aliphatic heterocycles. The van der Waals surface area contributed by atoms with Crippen molar-refractivity contribution in [2.24, 2.45) is 0 Å². The molecule has 0 spiro atoms. The summed E-state index contributed by atoms with van der Waals surface area (Å²) in [4.78, 5) is 23.0. The van der Waals surface area contributed by atoms with Gasteiger partial charge >= 0.3 is 5.97 Å². The normalized spacial score (nSPS) is 18.6. The molecule has 18 heavy (non-hydrogen) atoms. The molecule has 6 heteroatoms. The van der Waals surface area contributed by atoms with Crippen LogP contribution in [0.15, 0.2) is 22.7 Å². The molecule has 0 aromatic heterocycles. The highest BCUT2D eigenvalue weighted by atomic mass is 79.9. The van der Waals surface area contributed by atoms with Gasteiger partial charge < -0.3 is 15.7 Å². The minimum atomic E-state index is -1.06. The van der Waals surface area contributed by atoms with Gasteiger partial charge in [0.05, 0.1) is 17.3 Å². The summed E-state index contributed by atoms with van der Waals surface area (Å²) in [6.07, 6.45) is 1.73. The molecule has 0 aliphatic carbocycles. The highest BCUT2D eigenvalue weighted by molar-refractivity contribution is 9.10. The number of amides is 1. The third-order valence-electron chi connectivity index (χ3n) is 2.87. The maximum absolute atomic E-state index is 12.0. The monoisotopic (exact) mass is 312 g/mol. The van der Waals surface area contributed by atoms with Crippen molar-refractivity contribution < 1.29 is 14.7 Å². The summed E-state index contributed by atoms with van der Waals surface area (Å²) in [5.41, 5.74) is 0.388. The Morgan fingerprint density at radius 3 is 2.83 bits per heavy atom. The molecule has 0 unspecified atom stereocenters. The number of benzene rings is 1. The van der Waals surface area contributed by atoms with Gasteiger partial charge in [0.25, 0.3) is 0 Å². The molecule has 0 radical (unpaired) electrons. The molecule has 96 valence electrons. The van der Waals surface area contributed by atoms with Crippen molar-refractivity contribution in [1.82, 2.24) is 5.32 Å². The number of carboxylic acids is 1. The summed E-state index contributed by atoms with van der Waals surface area (Å²) in [5.74, 6) is -1.26. The second-order valence-corrected chi connectivity index (χ2v) is 4.96. The minimum Gasteiger partial charge on any atom is -0.478 e. The van der Waals surface area contributed by atoms with Crippen LogP contribution in [-0.2, 0) is 4.79 Å². The van der Waals surface area contributed by atoms with E-state index in [0.29, 0.717) is 10.2 Å². The maximum atomic E-state index is 12.0. The first-order valence-corrected chi connectivity index (χ1v) is 6.45. The predicted molar refractivity (Wildman–Crippen MR) is 70.8 cm³/mol. The zero-order valence-corrected chi connectivity index (χ0v) is 11.2. The number of halogens is 1. The van der Waals surface area contributed by atoms with Crippen molar-refractivity contribution in [2.75, 3.05) is 11.9 Å². The molecule has 1 aromatic carbocycles. The van der Waals surface area contributed by atoms with Crippen LogP contribution in [0.2, 0.25) is 0 Å². The van der Waals surface area contributed by atoms with Gasteiger partial charge in [0.2, 0.25) is 5.91 Å². The van der Waals surface area contributed by atoms with Gasteiger partial charge in [-0.25, -0.2) is 4.79 Å². The Morgan fingerprint density at radius 1 is 1.44 bits per heavy atom. The van der Waals surface area contributed by atoms with Gasteiger partial charge in [-0.3, -0.25) is 4.79 Å². The minimum absolute atomic E-state index is 0.0794. The lowest BCUT2D eigenvalue weighted by Gasteiger charge is -2.14. The van der Waals surface area contributed by atoms with Gasteiger partial charge in [0.15, 0.2) is 0 Å². The number of carbonyl (C=O) groups is 2. The van der Waals surface area contributed by atoms with E-state index in [1.807, 2.05) is 0 Å². The van der Waals surface area contributed by atoms with Gasteiger partial charge in [-0.05, 0) is 47.4 Å². The van der Waals surface area contributed by atoms with Gasteiger partial charge in [-0.15, -0.1) is 0 Å². The van der Waals surface area contributed by atoms with Crippen LogP contribution in [0.25, 0.3) is 0 Å². The Kier molecular flexibility index (Phi) is 3.98. The summed E-state index contributed by atoms with van der Waals surface area (Å²) in [6.45, 7) is 0.819. The zero-order valence-electron chi connectivity index (χ0n) is 9.57. The number of para-hydroxylation sites is 1. The van der Waals surface area contributed by atoms with E-state index in [1.54, 1.807) is 12.1 Å². The first kappa shape index (κ1) is 13.0. The largest absolute Gasteiger partial charge is 0.478 e. The first-order valence-electron chi connectivity index (χ1n) is 5.65. The van der Waals surface area contributed by atoms with E-state index >= 15 is 0 Å². The van der Waals surface area contributed by atoms with Crippen molar-refractivity contribution in [1.29, 1.82) is 0 Å². The van der Waals surface area contributed by atoms with Crippen LogP contribution in [0.5, 0.6) is 0 Å². The molecule has 1 aromatic rings. The molecule has 1 fully saturated rings. The Morgan fingerprint density at radius 2 is 2.22 bits per heavy atom. The van der Waals surface area contributed by atoms with E-state index in [-0.39, 0.29) is 17.5 Å². The Hall–Kier alpha value is -1.40. The molecular formula is C12H13BrN2O3. The van der Waals surface area contributed by atoms with E-state index < -0.39 is 5.97 Å². The average Bonchev–Trinajstić information content (AvgIpc) is 2.85. The number of aromatic carboxylic acids is 1. The second-order valence-electron chi connectivity index (χ2n) is 4.11. The molecule has 3 N–H and O–H groups in total. The fourth-order valence-electron chi connectivity index (χ4n) is 1.95.